The number of hydrogen-bond acceptors (Lipinski definition) is 15. The van der Waals surface area contributed by atoms with E-state index < -0.39 is 84.6 Å². The zero-order valence-electron chi connectivity index (χ0n) is 20.8. The summed E-state index contributed by atoms with van der Waals surface area (Å²) in [6, 6.07) is -2.44. The number of amides is 2. The summed E-state index contributed by atoms with van der Waals surface area (Å²) >= 11 is 0.762. The molecule has 4 rings (SSSR count). The Morgan fingerprint density at radius 2 is 1.18 bits per heavy atom. The summed E-state index contributed by atoms with van der Waals surface area (Å²) < 4.78 is 13.5. The van der Waals surface area contributed by atoms with Crippen molar-refractivity contribution in [3.05, 3.63) is 23.8 Å². The molecule has 0 aliphatic carbocycles. The lowest BCUT2D eigenvalue weighted by Crippen LogP contribution is -2.58. The van der Waals surface area contributed by atoms with Crippen LogP contribution in [0.15, 0.2) is 12.4 Å². The molecular weight excluding hydrogens is 544 g/mol. The van der Waals surface area contributed by atoms with Gasteiger partial charge in [-0.05, 0) is 0 Å². The number of aromatic nitrogens is 6. The van der Waals surface area contributed by atoms with E-state index in [0.29, 0.717) is 0 Å². The second kappa shape index (κ2) is 12.2. The van der Waals surface area contributed by atoms with Crippen molar-refractivity contribution >= 4 is 23.6 Å². The van der Waals surface area contributed by atoms with Crippen LogP contribution in [0.4, 0.5) is 0 Å². The van der Waals surface area contributed by atoms with Gasteiger partial charge >= 0.3 is 0 Å². The van der Waals surface area contributed by atoms with Crippen LogP contribution in [0.1, 0.15) is 33.1 Å². The number of aliphatic hydroxyl groups excluding tert-OH is 6. The molecule has 18 nitrogen and oxygen atoms in total. The number of carbonyl (C=O) groups is 2. The van der Waals surface area contributed by atoms with E-state index in [1.807, 2.05) is 0 Å². The number of ether oxygens (including phenoxy) is 2. The topological polar surface area (TPSA) is 259 Å². The lowest BCUT2D eigenvalue weighted by atomic mass is 9.97. The van der Waals surface area contributed by atoms with E-state index >= 15 is 0 Å². The Kier molecular flexibility index (Phi) is 9.14. The third kappa shape index (κ3) is 5.62. The Morgan fingerprint density at radius 3 is 1.51 bits per heavy atom. The lowest BCUT2D eigenvalue weighted by molar-refractivity contribution is -0.189. The highest BCUT2D eigenvalue weighted by atomic mass is 32.2. The maximum atomic E-state index is 11.9. The van der Waals surface area contributed by atoms with Gasteiger partial charge in [-0.1, -0.05) is 22.2 Å². The molecule has 216 valence electrons. The van der Waals surface area contributed by atoms with E-state index in [9.17, 15) is 40.2 Å². The molecule has 2 aliphatic heterocycles. The van der Waals surface area contributed by atoms with Crippen LogP contribution in [0.3, 0.4) is 0 Å². The second-order valence-corrected chi connectivity index (χ2v) is 10.1. The number of hydrogen-bond donors (Lipinski definition) is 8. The van der Waals surface area contributed by atoms with Gasteiger partial charge < -0.3 is 50.7 Å². The third-order valence-corrected chi connectivity index (χ3v) is 7.83. The van der Waals surface area contributed by atoms with Crippen molar-refractivity contribution in [2.45, 2.75) is 59.6 Å². The van der Waals surface area contributed by atoms with Gasteiger partial charge in [0.2, 0.25) is 0 Å². The highest BCUT2D eigenvalue weighted by Gasteiger charge is 2.51. The van der Waals surface area contributed by atoms with Gasteiger partial charge in [-0.15, -0.1) is 10.2 Å². The zero-order chi connectivity index (χ0) is 28.4. The van der Waals surface area contributed by atoms with Gasteiger partial charge in [0.25, 0.3) is 11.8 Å². The number of carbonyl (C=O) groups excluding carboxylic acids is 2. The molecule has 2 aromatic heterocycles. The van der Waals surface area contributed by atoms with E-state index in [-0.39, 0.29) is 11.4 Å². The van der Waals surface area contributed by atoms with Gasteiger partial charge in [-0.25, -0.2) is 9.36 Å². The minimum absolute atomic E-state index is 0.0780. The molecule has 0 aromatic carbocycles. The Morgan fingerprint density at radius 1 is 0.795 bits per heavy atom. The fourth-order valence-corrected chi connectivity index (χ4v) is 5.75. The summed E-state index contributed by atoms with van der Waals surface area (Å²) in [5.41, 5.74) is -2.64. The molecule has 10 atom stereocenters. The monoisotopic (exact) mass is 574 g/mol. The normalized spacial score (nSPS) is 35.0. The maximum absolute atomic E-state index is 11.9. The SMILES string of the molecule is CNC(=O)c1cn([C@@H]2[C@@H](O)[C@@H](CO)O[C@@H](S[C@@H]3O[C@H](CO)[C@H](O)[C@@H](n4cc(C(=O)NC)nn4)[C@H]3O)[C@@H]2O)nn1. The summed E-state index contributed by atoms with van der Waals surface area (Å²) in [5, 5.41) is 83.3. The average Bonchev–Trinajstić information content (AvgIpc) is 3.61. The second-order valence-electron chi connectivity index (χ2n) is 8.86. The molecule has 2 aliphatic rings. The van der Waals surface area contributed by atoms with Crippen molar-refractivity contribution in [1.29, 1.82) is 0 Å². The van der Waals surface area contributed by atoms with Gasteiger partial charge in [-0.2, -0.15) is 0 Å². The minimum Gasteiger partial charge on any atom is -0.394 e. The van der Waals surface area contributed by atoms with E-state index in [0.717, 1.165) is 21.1 Å². The van der Waals surface area contributed by atoms with Crippen LogP contribution in [-0.2, 0) is 9.47 Å². The standard InChI is InChI=1S/C20H30N8O10S/c1-21-17(35)7-3-27(25-23-7)11-13(31)9(5-29)37-19(15(11)33)39-20-16(34)12(14(32)10(6-30)38-20)28-4-8(24-26-28)18(36)22-2/h3-4,9-16,19-20,29-34H,5-6H2,1-2H3,(H,21,35)(H,22,36)/t9-,10-,11-,12-,13+,14+,15-,16-,19+,20+/m1/s1. The number of aliphatic hydroxyl groups is 6. The van der Waals surface area contributed by atoms with E-state index in [4.69, 9.17) is 9.47 Å². The Bertz CT molecular complexity index is 1070. The molecule has 19 heteroatoms. The molecule has 2 fully saturated rings. The van der Waals surface area contributed by atoms with Gasteiger partial charge in [0, 0.05) is 14.1 Å². The van der Waals surface area contributed by atoms with Crippen LogP contribution in [0.5, 0.6) is 0 Å². The summed E-state index contributed by atoms with van der Waals surface area (Å²) in [6.45, 7) is -1.29. The lowest BCUT2D eigenvalue weighted by Gasteiger charge is -2.46. The molecule has 0 spiro atoms. The van der Waals surface area contributed by atoms with E-state index in [1.165, 1.54) is 26.5 Å². The molecule has 4 heterocycles. The fraction of sp³-hybridized carbons (Fsp3) is 0.700. The molecule has 39 heavy (non-hydrogen) atoms. The van der Waals surface area contributed by atoms with E-state index in [1.54, 1.807) is 0 Å². The number of rotatable bonds is 8. The van der Waals surface area contributed by atoms with Crippen molar-refractivity contribution in [2.24, 2.45) is 0 Å². The summed E-state index contributed by atoms with van der Waals surface area (Å²) in [4.78, 5) is 23.8. The zero-order valence-corrected chi connectivity index (χ0v) is 21.6. The van der Waals surface area contributed by atoms with Crippen molar-refractivity contribution in [3.63, 3.8) is 0 Å². The first-order valence-electron chi connectivity index (χ1n) is 11.8. The maximum Gasteiger partial charge on any atom is 0.273 e. The molecule has 8 N–H and O–H groups in total. The van der Waals surface area contributed by atoms with Crippen molar-refractivity contribution in [1.82, 2.24) is 40.6 Å². The first-order chi connectivity index (χ1) is 18.6. The van der Waals surface area contributed by atoms with Crippen LogP contribution >= 0.6 is 11.8 Å². The summed E-state index contributed by atoms with van der Waals surface area (Å²) in [5.74, 6) is -1.10. The van der Waals surface area contributed by atoms with Crippen molar-refractivity contribution < 1.29 is 49.7 Å². The summed E-state index contributed by atoms with van der Waals surface area (Å²) in [6.07, 6.45) is -5.94. The molecule has 0 radical (unpaired) electrons. The minimum atomic E-state index is -1.52. The highest BCUT2D eigenvalue weighted by Crippen LogP contribution is 2.41. The van der Waals surface area contributed by atoms with Crippen molar-refractivity contribution in [3.8, 4) is 0 Å². The molecule has 0 unspecified atom stereocenters. The van der Waals surface area contributed by atoms with Crippen molar-refractivity contribution in [2.75, 3.05) is 27.3 Å². The van der Waals surface area contributed by atoms with Crippen LogP contribution in [0.25, 0.3) is 0 Å². The predicted octanol–water partition coefficient (Wildman–Crippen LogP) is -5.02. The molecule has 2 saturated heterocycles. The molecule has 0 bridgehead atoms. The molecule has 0 saturated carbocycles. The largest absolute Gasteiger partial charge is 0.394 e. The molecule has 2 aromatic rings. The van der Waals surface area contributed by atoms with E-state index in [2.05, 4.69) is 31.3 Å². The third-order valence-electron chi connectivity index (χ3n) is 6.52. The predicted molar refractivity (Wildman–Crippen MR) is 128 cm³/mol. The first kappa shape index (κ1) is 29.2. The van der Waals surface area contributed by atoms with Gasteiger partial charge in [0.15, 0.2) is 11.4 Å². The first-order valence-corrected chi connectivity index (χ1v) is 12.8. The highest BCUT2D eigenvalue weighted by molar-refractivity contribution is 8.00. The molecule has 2 amide bonds. The van der Waals surface area contributed by atoms with Gasteiger partial charge in [-0.3, -0.25) is 9.59 Å². The van der Waals surface area contributed by atoms with Gasteiger partial charge in [0.05, 0.1) is 25.6 Å². The van der Waals surface area contributed by atoms with Crippen LogP contribution in [0.2, 0.25) is 0 Å². The number of nitrogens with one attached hydrogen (secondary N) is 2. The Hall–Kier alpha value is -2.75. The van der Waals surface area contributed by atoms with Crippen LogP contribution in [0, 0.1) is 0 Å². The van der Waals surface area contributed by atoms with Gasteiger partial charge in [0.1, 0.15) is 59.6 Å². The van der Waals surface area contributed by atoms with Crippen LogP contribution < -0.4 is 10.6 Å². The fourth-order valence-electron chi connectivity index (χ4n) is 4.43. The van der Waals surface area contributed by atoms with Crippen LogP contribution in [-0.4, -0.2) is 147 Å². The summed E-state index contributed by atoms with van der Waals surface area (Å²) in [7, 11) is 2.79. The number of nitrogens with zero attached hydrogens (tertiary/aromatic N) is 6. The smallest absolute Gasteiger partial charge is 0.273 e. The molecular formula is C20H30N8O10S. The quantitative estimate of drug-likeness (QED) is 0.147. The Labute approximate surface area is 224 Å². The number of thioether (sulfide) groups is 1. The average molecular weight is 575 g/mol. The Balaban J connectivity index is 1.59.